The summed E-state index contributed by atoms with van der Waals surface area (Å²) < 4.78 is 16.9. The maximum atomic E-state index is 12.5. The second-order valence-corrected chi connectivity index (χ2v) is 5.35. The number of fused-ring (bicyclic) bond motifs is 2. The second kappa shape index (κ2) is 4.63. The number of esters is 1. The molecule has 1 aromatic heterocycles. The third-order valence-electron chi connectivity index (χ3n) is 4.03. The van der Waals surface area contributed by atoms with Crippen molar-refractivity contribution in [2.45, 2.75) is 12.0 Å². The van der Waals surface area contributed by atoms with Gasteiger partial charge in [0.2, 0.25) is 0 Å². The fraction of sp³-hybridized carbons (Fsp3) is 0.167. The van der Waals surface area contributed by atoms with E-state index in [-0.39, 0.29) is 0 Å². The Morgan fingerprint density at radius 3 is 2.68 bits per heavy atom. The number of hydrogen-bond donors (Lipinski definition) is 0. The summed E-state index contributed by atoms with van der Waals surface area (Å²) in [5, 5.41) is 0.931. The zero-order valence-electron chi connectivity index (χ0n) is 12.0. The van der Waals surface area contributed by atoms with Gasteiger partial charge in [0.1, 0.15) is 11.3 Å². The number of methoxy groups -OCH3 is 1. The first-order chi connectivity index (χ1) is 10.7. The average Bonchev–Trinajstić information content (AvgIpc) is 3.15. The fourth-order valence-electron chi connectivity index (χ4n) is 2.94. The second-order valence-electron chi connectivity index (χ2n) is 5.35. The first-order valence-electron chi connectivity index (χ1n) is 7.07. The van der Waals surface area contributed by atoms with Crippen LogP contribution >= 0.6 is 0 Å². The minimum Gasteiger partial charge on any atom is -0.467 e. The Kier molecular flexibility index (Phi) is 2.73. The SMILES string of the molecule is COC(=O)C1(c2cc3ccccc3o2)Cc2ccccc2O1. The molecule has 0 radical (unpaired) electrons. The van der Waals surface area contributed by atoms with Gasteiger partial charge in [0.25, 0.3) is 5.60 Å². The molecule has 110 valence electrons. The lowest BCUT2D eigenvalue weighted by Crippen LogP contribution is -2.41. The van der Waals surface area contributed by atoms with Crippen LogP contribution in [0.25, 0.3) is 11.0 Å². The van der Waals surface area contributed by atoms with Gasteiger partial charge in [-0.2, -0.15) is 0 Å². The van der Waals surface area contributed by atoms with Gasteiger partial charge in [-0.25, -0.2) is 4.79 Å². The molecule has 4 rings (SSSR count). The zero-order valence-corrected chi connectivity index (χ0v) is 12.0. The lowest BCUT2D eigenvalue weighted by Gasteiger charge is -2.23. The van der Waals surface area contributed by atoms with E-state index in [4.69, 9.17) is 13.9 Å². The van der Waals surface area contributed by atoms with Crippen LogP contribution in [0.1, 0.15) is 11.3 Å². The van der Waals surface area contributed by atoms with E-state index >= 15 is 0 Å². The van der Waals surface area contributed by atoms with Gasteiger partial charge >= 0.3 is 5.97 Å². The Bertz CT molecular complexity index is 804. The standard InChI is InChI=1S/C18H14O4/c1-20-17(19)18(11-13-7-3-5-9-15(13)22-18)16-10-12-6-2-4-8-14(12)21-16/h2-10H,11H2,1H3. The van der Waals surface area contributed by atoms with E-state index in [0.29, 0.717) is 17.9 Å². The summed E-state index contributed by atoms with van der Waals surface area (Å²) in [7, 11) is 1.36. The largest absolute Gasteiger partial charge is 0.467 e. The molecule has 0 saturated heterocycles. The van der Waals surface area contributed by atoms with Gasteiger partial charge in [-0.05, 0) is 23.8 Å². The number of para-hydroxylation sites is 2. The molecule has 22 heavy (non-hydrogen) atoms. The summed E-state index contributed by atoms with van der Waals surface area (Å²) >= 11 is 0. The van der Waals surface area contributed by atoms with Crippen molar-refractivity contribution in [3.05, 3.63) is 65.9 Å². The van der Waals surface area contributed by atoms with Crippen LogP contribution in [0.3, 0.4) is 0 Å². The molecule has 4 nitrogen and oxygen atoms in total. The summed E-state index contributed by atoms with van der Waals surface area (Å²) in [4.78, 5) is 12.5. The topological polar surface area (TPSA) is 48.7 Å². The number of hydrogen-bond acceptors (Lipinski definition) is 4. The van der Waals surface area contributed by atoms with E-state index in [1.165, 1.54) is 7.11 Å². The van der Waals surface area contributed by atoms with Crippen molar-refractivity contribution >= 4 is 16.9 Å². The Labute approximate surface area is 127 Å². The quantitative estimate of drug-likeness (QED) is 0.679. The number of furan rings is 1. The van der Waals surface area contributed by atoms with Crippen LogP contribution in [0.2, 0.25) is 0 Å². The Hall–Kier alpha value is -2.75. The third-order valence-corrected chi connectivity index (χ3v) is 4.03. The van der Waals surface area contributed by atoms with Crippen LogP contribution in [0.5, 0.6) is 5.75 Å². The first-order valence-corrected chi connectivity index (χ1v) is 7.07. The molecule has 1 aliphatic heterocycles. The van der Waals surface area contributed by atoms with Crippen LogP contribution < -0.4 is 4.74 Å². The molecule has 0 N–H and O–H groups in total. The highest BCUT2D eigenvalue weighted by Crippen LogP contribution is 2.43. The van der Waals surface area contributed by atoms with E-state index < -0.39 is 11.6 Å². The number of ether oxygens (including phenoxy) is 2. The van der Waals surface area contributed by atoms with E-state index in [2.05, 4.69) is 0 Å². The highest BCUT2D eigenvalue weighted by atomic mass is 16.6. The smallest absolute Gasteiger partial charge is 0.358 e. The third kappa shape index (κ3) is 1.73. The lowest BCUT2D eigenvalue weighted by atomic mass is 9.94. The molecule has 1 unspecified atom stereocenters. The van der Waals surface area contributed by atoms with E-state index in [0.717, 1.165) is 16.5 Å². The van der Waals surface area contributed by atoms with Crippen molar-refractivity contribution in [1.82, 2.24) is 0 Å². The van der Waals surface area contributed by atoms with Crippen LogP contribution in [0.4, 0.5) is 0 Å². The molecule has 1 aliphatic rings. The van der Waals surface area contributed by atoms with Crippen molar-refractivity contribution in [3.63, 3.8) is 0 Å². The van der Waals surface area contributed by atoms with Gasteiger partial charge in [0.05, 0.1) is 7.11 Å². The molecule has 0 amide bonds. The van der Waals surface area contributed by atoms with Crippen LogP contribution in [0, 0.1) is 0 Å². The summed E-state index contributed by atoms with van der Waals surface area (Å²) in [5.41, 5.74) is 0.436. The molecule has 3 aromatic rings. The molecule has 0 fully saturated rings. The Morgan fingerprint density at radius 1 is 1.14 bits per heavy atom. The minimum absolute atomic E-state index is 0.398. The molecule has 0 spiro atoms. The zero-order chi connectivity index (χ0) is 15.2. The van der Waals surface area contributed by atoms with Crippen molar-refractivity contribution in [2.24, 2.45) is 0 Å². The van der Waals surface area contributed by atoms with Gasteiger partial charge < -0.3 is 13.9 Å². The average molecular weight is 294 g/mol. The van der Waals surface area contributed by atoms with Crippen molar-refractivity contribution < 1.29 is 18.7 Å². The number of rotatable bonds is 2. The van der Waals surface area contributed by atoms with Gasteiger partial charge in [-0.1, -0.05) is 36.4 Å². The van der Waals surface area contributed by atoms with Gasteiger partial charge in [0, 0.05) is 11.8 Å². The molecule has 0 saturated carbocycles. The molecule has 1 atom stereocenters. The fourth-order valence-corrected chi connectivity index (χ4v) is 2.94. The van der Waals surface area contributed by atoms with Crippen molar-refractivity contribution in [2.75, 3.05) is 7.11 Å². The molecule has 4 heteroatoms. The van der Waals surface area contributed by atoms with Crippen LogP contribution in [-0.2, 0) is 21.6 Å². The summed E-state index contributed by atoms with van der Waals surface area (Å²) in [6.45, 7) is 0. The van der Waals surface area contributed by atoms with E-state index in [1.54, 1.807) is 0 Å². The summed E-state index contributed by atoms with van der Waals surface area (Å²) in [6, 6.07) is 17.1. The predicted octanol–water partition coefficient (Wildman–Crippen LogP) is 3.44. The molecular weight excluding hydrogens is 280 g/mol. The lowest BCUT2D eigenvalue weighted by molar-refractivity contribution is -0.160. The van der Waals surface area contributed by atoms with E-state index in [9.17, 15) is 4.79 Å². The monoisotopic (exact) mass is 294 g/mol. The van der Waals surface area contributed by atoms with Gasteiger partial charge in [-0.15, -0.1) is 0 Å². The van der Waals surface area contributed by atoms with Crippen molar-refractivity contribution in [3.8, 4) is 5.75 Å². The number of carbonyl (C=O) groups is 1. The number of benzene rings is 2. The molecule has 2 aromatic carbocycles. The highest BCUT2D eigenvalue weighted by Gasteiger charge is 2.51. The normalized spacial score (nSPS) is 19.7. The number of carbonyl (C=O) groups excluding carboxylic acids is 1. The molecule has 0 bridgehead atoms. The summed E-state index contributed by atoms with van der Waals surface area (Å²) in [6.07, 6.45) is 0.398. The van der Waals surface area contributed by atoms with E-state index in [1.807, 2.05) is 54.6 Å². The maximum Gasteiger partial charge on any atom is 0.358 e. The first kappa shape index (κ1) is 13.0. The van der Waals surface area contributed by atoms with Crippen LogP contribution in [-0.4, -0.2) is 13.1 Å². The Morgan fingerprint density at radius 2 is 1.91 bits per heavy atom. The summed E-state index contributed by atoms with van der Waals surface area (Å²) in [5.74, 6) is 0.702. The molecular formula is C18H14O4. The van der Waals surface area contributed by atoms with Gasteiger partial charge in [-0.3, -0.25) is 0 Å². The highest BCUT2D eigenvalue weighted by molar-refractivity contribution is 5.86. The molecule has 0 aliphatic carbocycles. The maximum absolute atomic E-state index is 12.5. The van der Waals surface area contributed by atoms with Crippen molar-refractivity contribution in [1.29, 1.82) is 0 Å². The Balaban J connectivity index is 1.88. The molecule has 2 heterocycles. The predicted molar refractivity (Wildman–Crippen MR) is 80.7 cm³/mol. The minimum atomic E-state index is -1.25. The van der Waals surface area contributed by atoms with Crippen LogP contribution in [0.15, 0.2) is 59.0 Å². The van der Waals surface area contributed by atoms with Gasteiger partial charge in [0.15, 0.2) is 5.76 Å².